The number of aryl methyl sites for hydroxylation is 1. The molecule has 0 atom stereocenters. The summed E-state index contributed by atoms with van der Waals surface area (Å²) in [5.74, 6) is -0.191. The maximum absolute atomic E-state index is 11.9. The Kier molecular flexibility index (Phi) is 3.33. The van der Waals surface area contributed by atoms with Gasteiger partial charge in [0, 0.05) is 6.54 Å². The monoisotopic (exact) mass is 247 g/mol. The molecule has 3 nitrogen and oxygen atoms in total. The van der Waals surface area contributed by atoms with Crippen molar-refractivity contribution in [1.29, 1.82) is 0 Å². The lowest BCUT2D eigenvalue weighted by Gasteiger charge is -2.06. The van der Waals surface area contributed by atoms with Crippen molar-refractivity contribution in [2.75, 3.05) is 6.54 Å². The van der Waals surface area contributed by atoms with Gasteiger partial charge in [-0.3, -0.25) is 14.5 Å². The van der Waals surface area contributed by atoms with Crippen LogP contribution in [0.2, 0.25) is 0 Å². The second-order valence-electron chi connectivity index (χ2n) is 3.84. The van der Waals surface area contributed by atoms with E-state index in [1.54, 1.807) is 13.0 Å². The van der Waals surface area contributed by atoms with E-state index >= 15 is 0 Å². The van der Waals surface area contributed by atoms with Crippen LogP contribution >= 0.6 is 11.8 Å². The number of carbonyl (C=O) groups excluding carboxylic acids is 2. The zero-order valence-corrected chi connectivity index (χ0v) is 10.6. The molecule has 1 aliphatic heterocycles. The lowest BCUT2D eigenvalue weighted by atomic mass is 10.1. The van der Waals surface area contributed by atoms with Crippen LogP contribution < -0.4 is 0 Å². The third kappa shape index (κ3) is 2.42. The van der Waals surface area contributed by atoms with Crippen LogP contribution in [-0.4, -0.2) is 22.6 Å². The lowest BCUT2D eigenvalue weighted by Crippen LogP contribution is -2.27. The van der Waals surface area contributed by atoms with E-state index in [9.17, 15) is 9.59 Å². The predicted molar refractivity (Wildman–Crippen MR) is 69.5 cm³/mol. The first-order valence-corrected chi connectivity index (χ1v) is 6.25. The van der Waals surface area contributed by atoms with Gasteiger partial charge in [0.25, 0.3) is 11.1 Å². The molecule has 1 aromatic rings. The van der Waals surface area contributed by atoms with Crippen molar-refractivity contribution >= 4 is 29.0 Å². The average molecular weight is 247 g/mol. The molecule has 17 heavy (non-hydrogen) atoms. The van der Waals surface area contributed by atoms with Crippen LogP contribution in [0.1, 0.15) is 18.1 Å². The Balaban J connectivity index is 2.30. The molecule has 1 aliphatic rings. The molecule has 0 saturated carbocycles. The van der Waals surface area contributed by atoms with Gasteiger partial charge in [0.05, 0.1) is 4.91 Å². The van der Waals surface area contributed by atoms with Crippen molar-refractivity contribution in [1.82, 2.24) is 4.90 Å². The number of hydrogen-bond acceptors (Lipinski definition) is 3. The molecule has 0 bridgehead atoms. The third-order valence-electron chi connectivity index (χ3n) is 2.53. The topological polar surface area (TPSA) is 37.4 Å². The number of carbonyl (C=O) groups is 2. The maximum Gasteiger partial charge on any atom is 0.293 e. The van der Waals surface area contributed by atoms with Crippen LogP contribution in [-0.2, 0) is 4.79 Å². The zero-order chi connectivity index (χ0) is 12.4. The SMILES string of the molecule is CCN1C(=O)S/C(=C/c2cccc(C)c2)C1=O. The number of likely N-dealkylation sites (N-methyl/N-ethyl adjacent to an activating group) is 1. The first kappa shape index (κ1) is 11.9. The molecular weight excluding hydrogens is 234 g/mol. The second kappa shape index (κ2) is 4.75. The molecule has 1 fully saturated rings. The Bertz CT molecular complexity index is 508. The summed E-state index contributed by atoms with van der Waals surface area (Å²) in [7, 11) is 0. The molecule has 0 aromatic heterocycles. The van der Waals surface area contributed by atoms with Gasteiger partial charge < -0.3 is 0 Å². The van der Waals surface area contributed by atoms with Gasteiger partial charge in [0.2, 0.25) is 0 Å². The third-order valence-corrected chi connectivity index (χ3v) is 3.44. The number of nitrogens with zero attached hydrogens (tertiary/aromatic N) is 1. The molecule has 1 heterocycles. The first-order chi connectivity index (χ1) is 8.11. The van der Waals surface area contributed by atoms with Gasteiger partial charge in [-0.1, -0.05) is 29.8 Å². The Morgan fingerprint density at radius 1 is 1.35 bits per heavy atom. The van der Waals surface area contributed by atoms with E-state index in [2.05, 4.69) is 0 Å². The van der Waals surface area contributed by atoms with Gasteiger partial charge in [-0.05, 0) is 37.2 Å². The molecule has 0 N–H and O–H groups in total. The fraction of sp³-hybridized carbons (Fsp3) is 0.231. The lowest BCUT2D eigenvalue weighted by molar-refractivity contribution is -0.122. The van der Waals surface area contributed by atoms with E-state index < -0.39 is 0 Å². The Labute approximate surface area is 104 Å². The summed E-state index contributed by atoms with van der Waals surface area (Å²) in [5, 5.41) is -0.184. The highest BCUT2D eigenvalue weighted by Gasteiger charge is 2.33. The van der Waals surface area contributed by atoms with E-state index in [0.717, 1.165) is 22.9 Å². The number of imide groups is 1. The molecule has 0 unspecified atom stereocenters. The number of benzene rings is 1. The summed E-state index contributed by atoms with van der Waals surface area (Å²) < 4.78 is 0. The zero-order valence-electron chi connectivity index (χ0n) is 9.77. The summed E-state index contributed by atoms with van der Waals surface area (Å²) in [4.78, 5) is 25.1. The van der Waals surface area contributed by atoms with Crippen molar-refractivity contribution in [2.45, 2.75) is 13.8 Å². The molecule has 2 amide bonds. The van der Waals surface area contributed by atoms with Crippen molar-refractivity contribution in [2.24, 2.45) is 0 Å². The van der Waals surface area contributed by atoms with Gasteiger partial charge in [-0.25, -0.2) is 0 Å². The van der Waals surface area contributed by atoms with Crippen LogP contribution in [0.5, 0.6) is 0 Å². The first-order valence-electron chi connectivity index (χ1n) is 5.44. The molecule has 1 saturated heterocycles. The predicted octanol–water partition coefficient (Wildman–Crippen LogP) is 3.05. The highest BCUT2D eigenvalue weighted by atomic mass is 32.2. The van der Waals surface area contributed by atoms with Crippen LogP contribution in [0.4, 0.5) is 4.79 Å². The van der Waals surface area contributed by atoms with Gasteiger partial charge in [0.15, 0.2) is 0 Å². The second-order valence-corrected chi connectivity index (χ2v) is 4.83. The van der Waals surface area contributed by atoms with E-state index in [1.165, 1.54) is 4.90 Å². The largest absolute Gasteiger partial charge is 0.293 e. The van der Waals surface area contributed by atoms with E-state index in [-0.39, 0.29) is 11.1 Å². The summed E-state index contributed by atoms with van der Waals surface area (Å²) >= 11 is 1.01. The van der Waals surface area contributed by atoms with Crippen molar-refractivity contribution in [3.8, 4) is 0 Å². The number of thioether (sulfide) groups is 1. The van der Waals surface area contributed by atoms with E-state index in [4.69, 9.17) is 0 Å². The van der Waals surface area contributed by atoms with Gasteiger partial charge in [-0.15, -0.1) is 0 Å². The molecule has 0 spiro atoms. The van der Waals surface area contributed by atoms with Gasteiger partial charge in [0.1, 0.15) is 0 Å². The molecule has 2 rings (SSSR count). The van der Waals surface area contributed by atoms with Crippen LogP contribution in [0.15, 0.2) is 29.2 Å². The summed E-state index contributed by atoms with van der Waals surface area (Å²) in [5.41, 5.74) is 2.08. The Hall–Kier alpha value is -1.55. The van der Waals surface area contributed by atoms with Gasteiger partial charge in [-0.2, -0.15) is 0 Å². The van der Waals surface area contributed by atoms with E-state index in [1.807, 2.05) is 31.2 Å². The normalized spacial score (nSPS) is 18.2. The standard InChI is InChI=1S/C13H13NO2S/c1-3-14-12(15)11(17-13(14)16)8-10-6-4-5-9(2)7-10/h4-8H,3H2,1-2H3/b11-8+. The highest BCUT2D eigenvalue weighted by Crippen LogP contribution is 2.31. The van der Waals surface area contributed by atoms with Gasteiger partial charge >= 0.3 is 0 Å². The minimum absolute atomic E-state index is 0.184. The van der Waals surface area contributed by atoms with Crippen LogP contribution in [0.3, 0.4) is 0 Å². The summed E-state index contributed by atoms with van der Waals surface area (Å²) in [6.07, 6.45) is 1.77. The molecule has 0 radical (unpaired) electrons. The minimum atomic E-state index is -0.191. The van der Waals surface area contributed by atoms with Crippen molar-refractivity contribution in [3.05, 3.63) is 40.3 Å². The molecule has 4 heteroatoms. The highest BCUT2D eigenvalue weighted by molar-refractivity contribution is 8.18. The number of amides is 2. The summed E-state index contributed by atoms with van der Waals surface area (Å²) in [6, 6.07) is 7.84. The van der Waals surface area contributed by atoms with Crippen LogP contribution in [0, 0.1) is 6.92 Å². The number of rotatable bonds is 2. The molecule has 1 aromatic carbocycles. The molecular formula is C13H13NO2S. The molecule has 88 valence electrons. The summed E-state index contributed by atoms with van der Waals surface area (Å²) in [6.45, 7) is 4.22. The maximum atomic E-state index is 11.9. The smallest absolute Gasteiger partial charge is 0.269 e. The quantitative estimate of drug-likeness (QED) is 0.754. The van der Waals surface area contributed by atoms with Crippen LogP contribution in [0.25, 0.3) is 6.08 Å². The molecule has 0 aliphatic carbocycles. The average Bonchev–Trinajstić information content (AvgIpc) is 2.54. The van der Waals surface area contributed by atoms with Crippen molar-refractivity contribution < 1.29 is 9.59 Å². The minimum Gasteiger partial charge on any atom is -0.269 e. The fourth-order valence-electron chi connectivity index (χ4n) is 1.68. The Morgan fingerprint density at radius 2 is 2.12 bits per heavy atom. The van der Waals surface area contributed by atoms with Crippen molar-refractivity contribution in [3.63, 3.8) is 0 Å². The number of hydrogen-bond donors (Lipinski definition) is 0. The van der Waals surface area contributed by atoms with E-state index in [0.29, 0.717) is 11.4 Å². The fourth-order valence-corrected chi connectivity index (χ4v) is 2.59. The Morgan fingerprint density at radius 3 is 2.71 bits per heavy atom.